The fraction of sp³-hybridized carbons (Fsp3) is 0. The second-order valence-electron chi connectivity index (χ2n) is 2.93. The molecule has 0 bridgehead atoms. The van der Waals surface area contributed by atoms with E-state index in [9.17, 15) is 8.42 Å². The van der Waals surface area contributed by atoms with Crippen LogP contribution in [0.5, 0.6) is 0 Å². The van der Waals surface area contributed by atoms with E-state index < -0.39 is 10.1 Å². The minimum absolute atomic E-state index is 0.124. The second kappa shape index (κ2) is 3.69. The van der Waals surface area contributed by atoms with Gasteiger partial charge in [0.1, 0.15) is 4.90 Å². The van der Waals surface area contributed by atoms with Crippen LogP contribution >= 0.6 is 22.6 Å². The van der Waals surface area contributed by atoms with Crippen molar-refractivity contribution < 1.29 is 13.0 Å². The fourth-order valence-electron chi connectivity index (χ4n) is 1.34. The Kier molecular flexibility index (Phi) is 2.65. The molecule has 15 heavy (non-hydrogen) atoms. The van der Waals surface area contributed by atoms with Gasteiger partial charge in [-0.3, -0.25) is 9.54 Å². The minimum Gasteiger partial charge on any atom is -0.282 e. The SMILES string of the molecule is O=S(=O)(O)c1c(I)ccc2cccnc12. The third-order valence-electron chi connectivity index (χ3n) is 1.94. The smallest absolute Gasteiger partial charge is 0.282 e. The summed E-state index contributed by atoms with van der Waals surface area (Å²) in [4.78, 5) is 3.84. The summed E-state index contributed by atoms with van der Waals surface area (Å²) in [6.07, 6.45) is 1.49. The zero-order valence-corrected chi connectivity index (χ0v) is 10.4. The number of benzene rings is 1. The van der Waals surface area contributed by atoms with E-state index in [1.807, 2.05) is 22.6 Å². The molecule has 2 rings (SSSR count). The van der Waals surface area contributed by atoms with Gasteiger partial charge < -0.3 is 0 Å². The van der Waals surface area contributed by atoms with Crippen molar-refractivity contribution in [1.82, 2.24) is 4.98 Å². The first-order chi connectivity index (χ1) is 7.00. The Morgan fingerprint density at radius 1 is 1.27 bits per heavy atom. The Bertz CT molecular complexity index is 624. The molecule has 1 heterocycles. The van der Waals surface area contributed by atoms with Crippen LogP contribution in [0, 0.1) is 3.57 Å². The first kappa shape index (κ1) is 10.8. The Hall–Kier alpha value is -0.730. The second-order valence-corrected chi connectivity index (χ2v) is 5.45. The van der Waals surface area contributed by atoms with E-state index >= 15 is 0 Å². The van der Waals surface area contributed by atoms with Gasteiger partial charge in [0.05, 0.1) is 5.52 Å². The molecule has 2 aromatic rings. The molecular weight excluding hydrogens is 329 g/mol. The predicted molar refractivity (Wildman–Crippen MR) is 64.3 cm³/mol. The lowest BCUT2D eigenvalue weighted by Crippen LogP contribution is -2.02. The molecule has 1 N–H and O–H groups in total. The summed E-state index contributed by atoms with van der Waals surface area (Å²) < 4.78 is 31.9. The fourth-order valence-corrected chi connectivity index (χ4v) is 3.34. The van der Waals surface area contributed by atoms with Crippen molar-refractivity contribution in [2.24, 2.45) is 0 Å². The lowest BCUT2D eigenvalue weighted by molar-refractivity contribution is 0.483. The number of hydrogen-bond donors (Lipinski definition) is 1. The molecule has 0 aliphatic heterocycles. The molecule has 0 aliphatic carbocycles. The molecule has 0 fully saturated rings. The van der Waals surface area contributed by atoms with Crippen molar-refractivity contribution in [3.63, 3.8) is 0 Å². The van der Waals surface area contributed by atoms with Gasteiger partial charge in [0.2, 0.25) is 0 Å². The van der Waals surface area contributed by atoms with Crippen LogP contribution in [0.15, 0.2) is 35.4 Å². The summed E-state index contributed by atoms with van der Waals surface area (Å²) in [5.41, 5.74) is 0.298. The number of aromatic nitrogens is 1. The van der Waals surface area contributed by atoms with Gasteiger partial charge >= 0.3 is 0 Å². The van der Waals surface area contributed by atoms with Crippen molar-refractivity contribution in [2.45, 2.75) is 4.90 Å². The molecular formula is C9H6INO3S. The van der Waals surface area contributed by atoms with Crippen molar-refractivity contribution in [3.05, 3.63) is 34.0 Å². The van der Waals surface area contributed by atoms with Gasteiger partial charge in [0.25, 0.3) is 10.1 Å². The Morgan fingerprint density at radius 2 is 2.00 bits per heavy atom. The minimum atomic E-state index is -4.23. The summed E-state index contributed by atoms with van der Waals surface area (Å²) in [6.45, 7) is 0. The standard InChI is InChI=1S/C9H6INO3S/c10-7-4-3-6-2-1-5-11-8(6)9(7)15(12,13)14/h1-5H,(H,12,13,14). The molecule has 0 atom stereocenters. The van der Waals surface area contributed by atoms with Crippen LogP contribution in [0.2, 0.25) is 0 Å². The number of hydrogen-bond acceptors (Lipinski definition) is 3. The summed E-state index contributed by atoms with van der Waals surface area (Å²) in [6, 6.07) is 6.85. The van der Waals surface area contributed by atoms with Gasteiger partial charge in [0, 0.05) is 15.2 Å². The number of halogens is 1. The lowest BCUT2D eigenvalue weighted by Gasteiger charge is -2.04. The van der Waals surface area contributed by atoms with E-state index in [4.69, 9.17) is 4.55 Å². The number of pyridine rings is 1. The highest BCUT2D eigenvalue weighted by atomic mass is 127. The van der Waals surface area contributed by atoms with Crippen LogP contribution in [0.1, 0.15) is 0 Å². The summed E-state index contributed by atoms with van der Waals surface area (Å²) in [7, 11) is -4.23. The predicted octanol–water partition coefficient (Wildman–Crippen LogP) is 2.09. The third kappa shape index (κ3) is 1.97. The van der Waals surface area contributed by atoms with Crippen LogP contribution in [-0.2, 0) is 10.1 Å². The highest BCUT2D eigenvalue weighted by Gasteiger charge is 2.18. The van der Waals surface area contributed by atoms with Gasteiger partial charge in [-0.25, -0.2) is 0 Å². The van der Waals surface area contributed by atoms with E-state index in [-0.39, 0.29) is 4.90 Å². The van der Waals surface area contributed by atoms with E-state index in [0.29, 0.717) is 14.5 Å². The summed E-state index contributed by atoms with van der Waals surface area (Å²) in [5, 5.41) is 0.686. The summed E-state index contributed by atoms with van der Waals surface area (Å²) in [5.74, 6) is 0. The maximum absolute atomic E-state index is 11.2. The normalized spacial score (nSPS) is 11.9. The molecule has 1 aromatic carbocycles. The maximum Gasteiger partial charge on any atom is 0.297 e. The molecule has 0 unspecified atom stereocenters. The average Bonchev–Trinajstić information content (AvgIpc) is 2.15. The van der Waals surface area contributed by atoms with Gasteiger partial charge in [0.15, 0.2) is 0 Å². The molecule has 78 valence electrons. The van der Waals surface area contributed by atoms with Crippen LogP contribution in [0.25, 0.3) is 10.9 Å². The molecule has 0 saturated carbocycles. The quantitative estimate of drug-likeness (QED) is 0.640. The van der Waals surface area contributed by atoms with Crippen LogP contribution in [0.4, 0.5) is 0 Å². The molecule has 4 nitrogen and oxygen atoms in total. The largest absolute Gasteiger partial charge is 0.297 e. The molecule has 1 aromatic heterocycles. The summed E-state index contributed by atoms with van der Waals surface area (Å²) >= 11 is 1.85. The lowest BCUT2D eigenvalue weighted by atomic mass is 10.2. The van der Waals surface area contributed by atoms with Crippen LogP contribution in [-0.4, -0.2) is 18.0 Å². The zero-order chi connectivity index (χ0) is 11.1. The van der Waals surface area contributed by atoms with Crippen LogP contribution < -0.4 is 0 Å². The van der Waals surface area contributed by atoms with E-state index in [1.54, 1.807) is 24.3 Å². The third-order valence-corrected chi connectivity index (χ3v) is 4.13. The van der Waals surface area contributed by atoms with E-state index in [1.165, 1.54) is 6.20 Å². The number of fused-ring (bicyclic) bond motifs is 1. The maximum atomic E-state index is 11.2. The number of rotatable bonds is 1. The highest BCUT2D eigenvalue weighted by molar-refractivity contribution is 14.1. The van der Waals surface area contributed by atoms with Crippen LogP contribution in [0.3, 0.4) is 0 Å². The average molecular weight is 335 g/mol. The molecule has 6 heteroatoms. The van der Waals surface area contributed by atoms with Gasteiger partial charge in [-0.15, -0.1) is 0 Å². The van der Waals surface area contributed by atoms with Crippen molar-refractivity contribution >= 4 is 43.6 Å². The molecule has 0 radical (unpaired) electrons. The highest BCUT2D eigenvalue weighted by Crippen LogP contribution is 2.25. The van der Waals surface area contributed by atoms with Crippen molar-refractivity contribution in [2.75, 3.05) is 0 Å². The van der Waals surface area contributed by atoms with E-state index in [2.05, 4.69) is 4.98 Å². The molecule has 0 spiro atoms. The van der Waals surface area contributed by atoms with Crippen molar-refractivity contribution in [3.8, 4) is 0 Å². The first-order valence-corrected chi connectivity index (χ1v) is 6.53. The molecule has 0 aliphatic rings. The molecule has 0 saturated heterocycles. The van der Waals surface area contributed by atoms with Gasteiger partial charge in [-0.05, 0) is 34.7 Å². The van der Waals surface area contributed by atoms with Crippen molar-refractivity contribution in [1.29, 1.82) is 0 Å². The topological polar surface area (TPSA) is 67.3 Å². The first-order valence-electron chi connectivity index (χ1n) is 4.01. The van der Waals surface area contributed by atoms with Gasteiger partial charge in [-0.2, -0.15) is 8.42 Å². The Morgan fingerprint density at radius 3 is 2.67 bits per heavy atom. The molecule has 0 amide bonds. The number of nitrogens with zero attached hydrogens (tertiary/aromatic N) is 1. The Labute approximate surface area is 100 Å². The van der Waals surface area contributed by atoms with E-state index in [0.717, 1.165) is 0 Å². The van der Waals surface area contributed by atoms with Gasteiger partial charge in [-0.1, -0.05) is 12.1 Å². The monoisotopic (exact) mass is 335 g/mol. The Balaban J connectivity index is 2.99. The zero-order valence-electron chi connectivity index (χ0n) is 7.38.